The molecule has 6 nitrogen and oxygen atoms in total. The number of hydrogen-bond donors (Lipinski definition) is 3. The molecule has 3 aromatic carbocycles. The van der Waals surface area contributed by atoms with Crippen molar-refractivity contribution in [3.8, 4) is 17.1 Å². The topological polar surface area (TPSA) is 79.0 Å². The largest absolute Gasteiger partial charge is 0.494 e. The van der Waals surface area contributed by atoms with Gasteiger partial charge in [0, 0.05) is 16.9 Å². The molecule has 4 rings (SSSR count). The number of unbranched alkanes of at least 4 members (excludes halogenated alkanes) is 1. The molecule has 0 aliphatic rings. The van der Waals surface area contributed by atoms with Gasteiger partial charge in [0.05, 0.1) is 17.6 Å². The van der Waals surface area contributed by atoms with E-state index in [4.69, 9.17) is 4.74 Å². The van der Waals surface area contributed by atoms with E-state index >= 15 is 0 Å². The summed E-state index contributed by atoms with van der Waals surface area (Å²) in [5, 5.41) is 5.67. The van der Waals surface area contributed by atoms with Crippen LogP contribution >= 0.6 is 0 Å². The number of para-hydroxylation sites is 2. The van der Waals surface area contributed by atoms with Crippen LogP contribution in [-0.4, -0.2) is 22.6 Å². The van der Waals surface area contributed by atoms with Gasteiger partial charge in [-0.2, -0.15) is 0 Å². The van der Waals surface area contributed by atoms with Crippen LogP contribution in [0.4, 0.5) is 16.2 Å². The van der Waals surface area contributed by atoms with Crippen molar-refractivity contribution in [1.82, 2.24) is 9.97 Å². The summed E-state index contributed by atoms with van der Waals surface area (Å²) in [5.41, 5.74) is 4.28. The number of aromatic amines is 1. The van der Waals surface area contributed by atoms with E-state index in [1.54, 1.807) is 0 Å². The van der Waals surface area contributed by atoms with Crippen molar-refractivity contribution in [3.05, 3.63) is 72.8 Å². The Labute approximate surface area is 175 Å². The number of fused-ring (bicyclic) bond motifs is 1. The van der Waals surface area contributed by atoms with Crippen molar-refractivity contribution in [1.29, 1.82) is 0 Å². The second-order valence-corrected chi connectivity index (χ2v) is 6.99. The minimum atomic E-state index is -0.300. The van der Waals surface area contributed by atoms with Gasteiger partial charge in [-0.1, -0.05) is 25.5 Å². The first-order chi connectivity index (χ1) is 14.7. The second kappa shape index (κ2) is 9.13. The second-order valence-electron chi connectivity index (χ2n) is 6.99. The highest BCUT2D eigenvalue weighted by atomic mass is 16.5. The molecule has 0 saturated carbocycles. The highest BCUT2D eigenvalue weighted by Gasteiger charge is 2.07. The lowest BCUT2D eigenvalue weighted by atomic mass is 10.2. The lowest BCUT2D eigenvalue weighted by molar-refractivity contribution is 0.262. The van der Waals surface area contributed by atoms with E-state index in [2.05, 4.69) is 27.5 Å². The molecular weight excluding hydrogens is 376 g/mol. The lowest BCUT2D eigenvalue weighted by Crippen LogP contribution is -2.19. The molecular formula is C24H24N4O2. The summed E-state index contributed by atoms with van der Waals surface area (Å²) < 4.78 is 5.63. The van der Waals surface area contributed by atoms with Gasteiger partial charge in [-0.05, 0) is 67.1 Å². The van der Waals surface area contributed by atoms with Gasteiger partial charge in [-0.15, -0.1) is 0 Å². The summed E-state index contributed by atoms with van der Waals surface area (Å²) in [4.78, 5) is 20.2. The zero-order valence-electron chi connectivity index (χ0n) is 16.8. The first kappa shape index (κ1) is 19.5. The molecule has 0 radical (unpaired) electrons. The van der Waals surface area contributed by atoms with Gasteiger partial charge >= 0.3 is 6.03 Å². The predicted octanol–water partition coefficient (Wildman–Crippen LogP) is 6.05. The molecule has 0 aliphatic heterocycles. The molecule has 0 aliphatic carbocycles. The van der Waals surface area contributed by atoms with Crippen molar-refractivity contribution in [2.45, 2.75) is 19.8 Å². The Morgan fingerprint density at radius 1 is 0.933 bits per heavy atom. The quantitative estimate of drug-likeness (QED) is 0.330. The van der Waals surface area contributed by atoms with E-state index < -0.39 is 0 Å². The van der Waals surface area contributed by atoms with Gasteiger partial charge in [0.2, 0.25) is 0 Å². The molecule has 6 heteroatoms. The van der Waals surface area contributed by atoms with Crippen LogP contribution in [-0.2, 0) is 0 Å². The number of ether oxygens (including phenoxy) is 1. The zero-order valence-corrected chi connectivity index (χ0v) is 16.8. The maximum atomic E-state index is 12.3. The van der Waals surface area contributed by atoms with Crippen LogP contribution in [0.2, 0.25) is 0 Å². The number of urea groups is 1. The van der Waals surface area contributed by atoms with Crippen molar-refractivity contribution in [2.75, 3.05) is 17.2 Å². The third-order valence-corrected chi connectivity index (χ3v) is 4.68. The zero-order chi connectivity index (χ0) is 20.8. The smallest absolute Gasteiger partial charge is 0.323 e. The number of carbonyl (C=O) groups excluding carboxylic acids is 1. The number of hydrogen-bond acceptors (Lipinski definition) is 3. The average Bonchev–Trinajstić information content (AvgIpc) is 3.20. The van der Waals surface area contributed by atoms with Crippen molar-refractivity contribution in [2.24, 2.45) is 0 Å². The van der Waals surface area contributed by atoms with Crippen molar-refractivity contribution >= 4 is 28.4 Å². The Bertz CT molecular complexity index is 1090. The summed E-state index contributed by atoms with van der Waals surface area (Å²) in [6.45, 7) is 2.83. The highest BCUT2D eigenvalue weighted by molar-refractivity contribution is 5.99. The highest BCUT2D eigenvalue weighted by Crippen LogP contribution is 2.22. The van der Waals surface area contributed by atoms with Crippen molar-refractivity contribution < 1.29 is 9.53 Å². The number of anilines is 2. The van der Waals surface area contributed by atoms with Crippen LogP contribution in [0, 0.1) is 0 Å². The fourth-order valence-electron chi connectivity index (χ4n) is 3.06. The van der Waals surface area contributed by atoms with Gasteiger partial charge in [0.1, 0.15) is 11.6 Å². The van der Waals surface area contributed by atoms with E-state index in [9.17, 15) is 4.79 Å². The first-order valence-corrected chi connectivity index (χ1v) is 10.1. The third-order valence-electron chi connectivity index (χ3n) is 4.68. The first-order valence-electron chi connectivity index (χ1n) is 10.1. The molecule has 1 heterocycles. The van der Waals surface area contributed by atoms with Gasteiger partial charge in [0.25, 0.3) is 0 Å². The minimum Gasteiger partial charge on any atom is -0.494 e. The molecule has 0 saturated heterocycles. The Morgan fingerprint density at radius 2 is 1.60 bits per heavy atom. The average molecular weight is 400 g/mol. The Kier molecular flexibility index (Phi) is 5.94. The molecule has 152 valence electrons. The molecule has 0 fully saturated rings. The summed E-state index contributed by atoms with van der Waals surface area (Å²) >= 11 is 0. The van der Waals surface area contributed by atoms with Crippen LogP contribution in [0.5, 0.6) is 5.75 Å². The maximum absolute atomic E-state index is 12.3. The van der Waals surface area contributed by atoms with E-state index in [0.717, 1.165) is 41.0 Å². The fourth-order valence-corrected chi connectivity index (χ4v) is 3.06. The van der Waals surface area contributed by atoms with Gasteiger partial charge < -0.3 is 20.4 Å². The molecule has 1 aromatic heterocycles. The molecule has 0 unspecified atom stereocenters. The molecule has 3 N–H and O–H groups in total. The Morgan fingerprint density at radius 3 is 2.27 bits per heavy atom. The minimum absolute atomic E-state index is 0.300. The summed E-state index contributed by atoms with van der Waals surface area (Å²) in [5.74, 6) is 1.60. The molecule has 2 amide bonds. The van der Waals surface area contributed by atoms with E-state index in [0.29, 0.717) is 18.0 Å². The van der Waals surface area contributed by atoms with E-state index in [-0.39, 0.29) is 6.03 Å². The normalized spacial score (nSPS) is 10.7. The number of nitrogens with one attached hydrogen (secondary N) is 3. The molecule has 0 bridgehead atoms. The van der Waals surface area contributed by atoms with E-state index in [1.165, 1.54) is 0 Å². The summed E-state index contributed by atoms with van der Waals surface area (Å²) in [6, 6.07) is 22.5. The van der Waals surface area contributed by atoms with E-state index in [1.807, 2.05) is 72.8 Å². The fraction of sp³-hybridized carbons (Fsp3) is 0.167. The van der Waals surface area contributed by atoms with Gasteiger partial charge in [-0.25, -0.2) is 9.78 Å². The number of imidazole rings is 1. The number of H-pyrrole nitrogens is 1. The number of carbonyl (C=O) groups is 1. The van der Waals surface area contributed by atoms with Gasteiger partial charge in [-0.3, -0.25) is 0 Å². The van der Waals surface area contributed by atoms with Crippen LogP contribution in [0.25, 0.3) is 22.4 Å². The Balaban J connectivity index is 1.34. The van der Waals surface area contributed by atoms with Crippen LogP contribution in [0.1, 0.15) is 19.8 Å². The molecule has 30 heavy (non-hydrogen) atoms. The predicted molar refractivity (Wildman–Crippen MR) is 121 cm³/mol. The standard InChI is InChI=1S/C24H24N4O2/c1-2-3-16-30-20-14-12-19(13-15-20)26-24(29)25-18-10-8-17(9-11-18)23-27-21-6-4-5-7-22(21)28-23/h4-15H,2-3,16H2,1H3,(H,27,28)(H2,25,26,29). The number of benzene rings is 3. The molecule has 0 atom stereocenters. The van der Waals surface area contributed by atoms with Crippen LogP contribution in [0.15, 0.2) is 72.8 Å². The lowest BCUT2D eigenvalue weighted by Gasteiger charge is -2.09. The third kappa shape index (κ3) is 4.78. The van der Waals surface area contributed by atoms with Crippen molar-refractivity contribution in [3.63, 3.8) is 0 Å². The summed E-state index contributed by atoms with van der Waals surface area (Å²) in [7, 11) is 0. The summed E-state index contributed by atoms with van der Waals surface area (Å²) in [6.07, 6.45) is 2.12. The van der Waals surface area contributed by atoms with Crippen LogP contribution < -0.4 is 15.4 Å². The SMILES string of the molecule is CCCCOc1ccc(NC(=O)Nc2ccc(-c3nc4ccccc4[nH]3)cc2)cc1. The number of nitrogens with zero attached hydrogens (tertiary/aromatic N) is 1. The molecule has 4 aromatic rings. The Hall–Kier alpha value is -3.80. The number of aromatic nitrogens is 2. The monoisotopic (exact) mass is 400 g/mol. The molecule has 0 spiro atoms. The van der Waals surface area contributed by atoms with Crippen LogP contribution in [0.3, 0.4) is 0 Å². The number of amides is 2. The number of rotatable bonds is 7. The van der Waals surface area contributed by atoms with Gasteiger partial charge in [0.15, 0.2) is 0 Å². The maximum Gasteiger partial charge on any atom is 0.323 e.